The molecule has 4 atom stereocenters. The Morgan fingerprint density at radius 2 is 2.04 bits per heavy atom. The van der Waals surface area contributed by atoms with Crippen molar-refractivity contribution in [1.82, 2.24) is 10.2 Å². The third-order valence-electron chi connectivity index (χ3n) is 5.51. The summed E-state index contributed by atoms with van der Waals surface area (Å²) in [5.41, 5.74) is 1.91. The first-order valence-corrected chi connectivity index (χ1v) is 8.62. The number of ketones is 1. The van der Waals surface area contributed by atoms with Crippen LogP contribution >= 0.6 is 0 Å². The molecule has 3 aliphatic heterocycles. The minimum absolute atomic E-state index is 0.136. The summed E-state index contributed by atoms with van der Waals surface area (Å²) in [5.74, 6) is -0.569. The van der Waals surface area contributed by atoms with Crippen LogP contribution in [-0.4, -0.2) is 48.8 Å². The maximum absolute atomic E-state index is 12.6. The van der Waals surface area contributed by atoms with E-state index in [1.807, 2.05) is 24.3 Å². The van der Waals surface area contributed by atoms with Gasteiger partial charge < -0.3 is 15.5 Å². The number of carbonyl (C=O) groups excluding carboxylic acids is 2. The molecule has 23 heavy (non-hydrogen) atoms. The molecule has 4 rings (SSSR count). The number of fused-ring (bicyclic) bond motifs is 3. The SMILES string of the molecule is O=C(NC1CN2CCCCC1C2)C(=O)C1CNc2ccccc21. The molecule has 3 heterocycles. The fraction of sp³-hybridized carbons (Fsp3) is 0.556. The molecule has 0 radical (unpaired) electrons. The quantitative estimate of drug-likeness (QED) is 0.827. The lowest BCUT2D eigenvalue weighted by atomic mass is 9.94. The molecule has 2 N–H and O–H groups in total. The Balaban J connectivity index is 1.43. The summed E-state index contributed by atoms with van der Waals surface area (Å²) in [6.45, 7) is 3.60. The van der Waals surface area contributed by atoms with E-state index in [1.54, 1.807) is 0 Å². The van der Waals surface area contributed by atoms with Crippen LogP contribution in [-0.2, 0) is 9.59 Å². The highest BCUT2D eigenvalue weighted by Crippen LogP contribution is 2.32. The lowest BCUT2D eigenvalue weighted by molar-refractivity contribution is -0.139. The number of anilines is 1. The van der Waals surface area contributed by atoms with E-state index in [0.29, 0.717) is 12.5 Å². The molecule has 0 aliphatic carbocycles. The van der Waals surface area contributed by atoms with Crippen molar-refractivity contribution in [2.75, 3.05) is 31.5 Å². The average molecular weight is 313 g/mol. The van der Waals surface area contributed by atoms with Crippen molar-refractivity contribution in [2.24, 2.45) is 5.92 Å². The maximum atomic E-state index is 12.6. The average Bonchev–Trinajstić information content (AvgIpc) is 3.06. The number of Topliss-reactive ketones (excluding diaryl/α,β-unsaturated/α-hetero) is 1. The predicted octanol–water partition coefficient (Wildman–Crippen LogP) is 1.37. The summed E-state index contributed by atoms with van der Waals surface area (Å²) in [5, 5.41) is 6.24. The fourth-order valence-corrected chi connectivity index (χ4v) is 4.26. The minimum atomic E-state index is -0.411. The summed E-state index contributed by atoms with van der Waals surface area (Å²) in [4.78, 5) is 27.5. The van der Waals surface area contributed by atoms with E-state index < -0.39 is 5.91 Å². The highest BCUT2D eigenvalue weighted by molar-refractivity contribution is 6.38. The van der Waals surface area contributed by atoms with Crippen molar-refractivity contribution in [3.05, 3.63) is 29.8 Å². The van der Waals surface area contributed by atoms with Crippen molar-refractivity contribution >= 4 is 17.4 Å². The van der Waals surface area contributed by atoms with Crippen molar-refractivity contribution in [1.29, 1.82) is 0 Å². The van der Waals surface area contributed by atoms with Gasteiger partial charge in [0.25, 0.3) is 5.91 Å². The topological polar surface area (TPSA) is 61.4 Å². The zero-order chi connectivity index (χ0) is 15.8. The van der Waals surface area contributed by atoms with E-state index >= 15 is 0 Å². The Morgan fingerprint density at radius 3 is 2.96 bits per heavy atom. The lowest BCUT2D eigenvalue weighted by Gasteiger charge is -2.21. The Labute approximate surface area is 136 Å². The number of rotatable bonds is 3. The van der Waals surface area contributed by atoms with Gasteiger partial charge in [-0.1, -0.05) is 24.6 Å². The van der Waals surface area contributed by atoms with Gasteiger partial charge in [-0.05, 0) is 36.9 Å². The Kier molecular flexibility index (Phi) is 3.81. The van der Waals surface area contributed by atoms with Gasteiger partial charge in [0.15, 0.2) is 0 Å². The number of amides is 1. The second-order valence-electron chi connectivity index (χ2n) is 6.98. The summed E-state index contributed by atoms with van der Waals surface area (Å²) in [6, 6.07) is 7.88. The van der Waals surface area contributed by atoms with E-state index in [0.717, 1.165) is 37.3 Å². The van der Waals surface area contributed by atoms with Gasteiger partial charge in [-0.2, -0.15) is 0 Å². The lowest BCUT2D eigenvalue weighted by Crippen LogP contribution is -2.45. The maximum Gasteiger partial charge on any atom is 0.288 e. The van der Waals surface area contributed by atoms with Crippen LogP contribution in [0.2, 0.25) is 0 Å². The molecule has 5 nitrogen and oxygen atoms in total. The summed E-state index contributed by atoms with van der Waals surface area (Å²) in [7, 11) is 0. The van der Waals surface area contributed by atoms with Gasteiger partial charge in [0.1, 0.15) is 0 Å². The second kappa shape index (κ2) is 5.96. The molecule has 0 aromatic heterocycles. The van der Waals surface area contributed by atoms with Crippen LogP contribution in [0.3, 0.4) is 0 Å². The summed E-state index contributed by atoms with van der Waals surface area (Å²) >= 11 is 0. The molecular weight excluding hydrogens is 290 g/mol. The van der Waals surface area contributed by atoms with E-state index in [4.69, 9.17) is 0 Å². The second-order valence-corrected chi connectivity index (χ2v) is 6.98. The molecule has 122 valence electrons. The monoisotopic (exact) mass is 313 g/mol. The van der Waals surface area contributed by atoms with Gasteiger partial charge in [-0.25, -0.2) is 0 Å². The van der Waals surface area contributed by atoms with E-state index in [2.05, 4.69) is 15.5 Å². The largest absolute Gasteiger partial charge is 0.384 e. The zero-order valence-electron chi connectivity index (χ0n) is 13.3. The molecule has 1 aromatic rings. The third kappa shape index (κ3) is 2.74. The molecule has 5 heteroatoms. The minimum Gasteiger partial charge on any atom is -0.384 e. The molecular formula is C18H23N3O2. The number of hydrogen-bond donors (Lipinski definition) is 2. The summed E-state index contributed by atoms with van der Waals surface area (Å²) in [6.07, 6.45) is 3.63. The molecule has 1 aromatic carbocycles. The van der Waals surface area contributed by atoms with Gasteiger partial charge >= 0.3 is 0 Å². The van der Waals surface area contributed by atoms with Crippen LogP contribution in [0.1, 0.15) is 30.7 Å². The van der Waals surface area contributed by atoms with E-state index in [-0.39, 0.29) is 17.7 Å². The van der Waals surface area contributed by atoms with Crippen molar-refractivity contribution < 1.29 is 9.59 Å². The van der Waals surface area contributed by atoms with Crippen LogP contribution in [0.15, 0.2) is 24.3 Å². The number of benzene rings is 1. The molecule has 0 saturated carbocycles. The first-order chi connectivity index (χ1) is 11.2. The third-order valence-corrected chi connectivity index (χ3v) is 5.51. The normalized spacial score (nSPS) is 31.8. The van der Waals surface area contributed by atoms with Gasteiger partial charge in [-0.3, -0.25) is 9.59 Å². The molecule has 3 aliphatic rings. The van der Waals surface area contributed by atoms with E-state index in [9.17, 15) is 9.59 Å². The van der Waals surface area contributed by atoms with Crippen molar-refractivity contribution in [2.45, 2.75) is 31.2 Å². The number of carbonyl (C=O) groups is 2. The van der Waals surface area contributed by atoms with Gasteiger partial charge in [0.2, 0.25) is 5.78 Å². The molecule has 2 fully saturated rings. The number of nitrogens with one attached hydrogen (secondary N) is 2. The van der Waals surface area contributed by atoms with Crippen LogP contribution in [0, 0.1) is 5.92 Å². The van der Waals surface area contributed by atoms with Crippen molar-refractivity contribution in [3.63, 3.8) is 0 Å². The first-order valence-electron chi connectivity index (χ1n) is 8.62. The molecule has 2 saturated heterocycles. The smallest absolute Gasteiger partial charge is 0.288 e. The highest BCUT2D eigenvalue weighted by atomic mass is 16.2. The van der Waals surface area contributed by atoms with Gasteiger partial charge in [0, 0.05) is 31.4 Å². The number of para-hydroxylation sites is 1. The number of nitrogens with zero attached hydrogens (tertiary/aromatic N) is 1. The van der Waals surface area contributed by atoms with Gasteiger partial charge in [-0.15, -0.1) is 0 Å². The van der Waals surface area contributed by atoms with Crippen LogP contribution in [0.5, 0.6) is 0 Å². The fourth-order valence-electron chi connectivity index (χ4n) is 4.26. The van der Waals surface area contributed by atoms with Crippen LogP contribution in [0.25, 0.3) is 0 Å². The zero-order valence-corrected chi connectivity index (χ0v) is 13.3. The molecule has 0 spiro atoms. The highest BCUT2D eigenvalue weighted by Gasteiger charge is 2.38. The van der Waals surface area contributed by atoms with Crippen LogP contribution in [0.4, 0.5) is 5.69 Å². The Bertz CT molecular complexity index is 630. The molecule has 4 unspecified atom stereocenters. The van der Waals surface area contributed by atoms with Crippen molar-refractivity contribution in [3.8, 4) is 0 Å². The van der Waals surface area contributed by atoms with Gasteiger partial charge in [0.05, 0.1) is 5.92 Å². The predicted molar refractivity (Wildman–Crippen MR) is 88.4 cm³/mol. The standard InChI is InChI=1S/C18H23N3O2/c22-17(14-9-19-15-7-2-1-6-13(14)15)18(23)20-16-11-21-8-4-3-5-12(16)10-21/h1-2,6-7,12,14,16,19H,3-5,8-11H2,(H,20,23). The number of hydrogen-bond acceptors (Lipinski definition) is 4. The summed E-state index contributed by atoms with van der Waals surface area (Å²) < 4.78 is 0. The van der Waals surface area contributed by atoms with Crippen LogP contribution < -0.4 is 10.6 Å². The Hall–Kier alpha value is -1.88. The molecule has 2 bridgehead atoms. The molecule has 1 amide bonds. The Morgan fingerprint density at radius 1 is 1.17 bits per heavy atom. The first kappa shape index (κ1) is 14.7. The van der Waals surface area contributed by atoms with E-state index in [1.165, 1.54) is 12.8 Å².